The summed E-state index contributed by atoms with van der Waals surface area (Å²) in [5.74, 6) is 0.381. The zero-order chi connectivity index (χ0) is 16.0. The molecule has 4 nitrogen and oxygen atoms in total. The van der Waals surface area contributed by atoms with Gasteiger partial charge in [-0.1, -0.05) is 6.42 Å². The summed E-state index contributed by atoms with van der Waals surface area (Å²) >= 11 is 0. The Balaban J connectivity index is 1.78. The van der Waals surface area contributed by atoms with Crippen molar-refractivity contribution in [2.75, 3.05) is 13.2 Å². The Labute approximate surface area is 137 Å². The topological polar surface area (TPSA) is 62.6 Å². The van der Waals surface area contributed by atoms with Crippen LogP contribution in [0.25, 0.3) is 0 Å². The zero-order valence-electron chi connectivity index (χ0n) is 14.0. The molecule has 1 aliphatic heterocycles. The molecule has 1 unspecified atom stereocenters. The normalized spacial score (nSPS) is 26.8. The van der Waals surface area contributed by atoms with Crippen molar-refractivity contribution in [3.63, 3.8) is 0 Å². The summed E-state index contributed by atoms with van der Waals surface area (Å²) in [5.41, 5.74) is 5.47. The summed E-state index contributed by atoms with van der Waals surface area (Å²) in [5, 5.41) is 20.6. The molecule has 4 heteroatoms. The molecule has 1 aromatic rings. The lowest BCUT2D eigenvalue weighted by Crippen LogP contribution is -2.38. The van der Waals surface area contributed by atoms with Crippen LogP contribution in [0.4, 0.5) is 0 Å². The first-order chi connectivity index (χ1) is 11.1. The third-order valence-corrected chi connectivity index (χ3v) is 6.41. The van der Waals surface area contributed by atoms with Crippen LogP contribution in [0.5, 0.6) is 0 Å². The Kier molecular flexibility index (Phi) is 3.94. The number of aliphatic hydroxyl groups excluding tert-OH is 2. The number of rotatable bonds is 2. The van der Waals surface area contributed by atoms with Gasteiger partial charge < -0.3 is 14.9 Å². The van der Waals surface area contributed by atoms with Crippen LogP contribution in [0.15, 0.2) is 0 Å². The molecule has 3 aliphatic rings. The highest BCUT2D eigenvalue weighted by molar-refractivity contribution is 5.44. The molecular formula is C19H27NO3. The van der Waals surface area contributed by atoms with Crippen molar-refractivity contribution in [1.82, 2.24) is 4.98 Å². The molecule has 2 N–H and O–H groups in total. The van der Waals surface area contributed by atoms with Crippen LogP contribution in [0.2, 0.25) is 0 Å². The van der Waals surface area contributed by atoms with Crippen molar-refractivity contribution >= 4 is 0 Å². The molecule has 2 heterocycles. The van der Waals surface area contributed by atoms with Crippen molar-refractivity contribution in [1.29, 1.82) is 0 Å². The van der Waals surface area contributed by atoms with E-state index >= 15 is 0 Å². The van der Waals surface area contributed by atoms with E-state index in [2.05, 4.69) is 6.92 Å². The second-order valence-electron chi connectivity index (χ2n) is 7.76. The maximum absolute atomic E-state index is 10.7. The lowest BCUT2D eigenvalue weighted by Gasteiger charge is -2.47. The Morgan fingerprint density at radius 1 is 1.26 bits per heavy atom. The molecule has 126 valence electrons. The molecule has 0 bridgehead atoms. The summed E-state index contributed by atoms with van der Waals surface area (Å²) in [6.07, 6.45) is 7.13. The number of aromatic nitrogens is 1. The lowest BCUT2D eigenvalue weighted by molar-refractivity contribution is 0.0236. The van der Waals surface area contributed by atoms with E-state index in [1.165, 1.54) is 19.3 Å². The lowest BCUT2D eigenvalue weighted by atomic mass is 9.59. The number of hydrogen-bond acceptors (Lipinski definition) is 4. The molecule has 1 saturated heterocycles. The highest BCUT2D eigenvalue weighted by atomic mass is 16.5. The van der Waals surface area contributed by atoms with Gasteiger partial charge in [-0.2, -0.15) is 0 Å². The summed E-state index contributed by atoms with van der Waals surface area (Å²) in [6, 6.07) is 0. The monoisotopic (exact) mass is 317 g/mol. The average Bonchev–Trinajstić information content (AvgIpc) is 2.53. The molecule has 1 aromatic heterocycles. The summed E-state index contributed by atoms with van der Waals surface area (Å²) in [6.45, 7) is 3.62. The molecule has 1 spiro atoms. The van der Waals surface area contributed by atoms with E-state index in [1.807, 2.05) is 0 Å². The zero-order valence-corrected chi connectivity index (χ0v) is 14.0. The largest absolute Gasteiger partial charge is 0.392 e. The van der Waals surface area contributed by atoms with Crippen molar-refractivity contribution in [3.05, 3.63) is 28.1 Å². The van der Waals surface area contributed by atoms with E-state index in [0.717, 1.165) is 67.0 Å². The quantitative estimate of drug-likeness (QED) is 0.880. The van der Waals surface area contributed by atoms with Gasteiger partial charge in [0.1, 0.15) is 0 Å². The Morgan fingerprint density at radius 3 is 2.61 bits per heavy atom. The Bertz CT molecular complexity index is 603. The molecule has 4 rings (SSSR count). The molecule has 0 radical (unpaired) electrons. The number of pyridine rings is 1. The van der Waals surface area contributed by atoms with Crippen molar-refractivity contribution in [2.45, 2.75) is 70.5 Å². The molecule has 2 aliphatic carbocycles. The standard InChI is InChI=1S/C19H27NO3/c1-12-14(11-21)18(13-3-7-23-8-4-13)20-15-9-19(5-2-6-19)10-16(22)17(12)15/h13,16,21-22H,2-11H2,1H3. The second kappa shape index (κ2) is 5.83. The van der Waals surface area contributed by atoms with Gasteiger partial charge in [-0.3, -0.25) is 4.98 Å². The van der Waals surface area contributed by atoms with Gasteiger partial charge >= 0.3 is 0 Å². The van der Waals surface area contributed by atoms with Crippen LogP contribution in [0.1, 0.15) is 78.6 Å². The molecule has 1 atom stereocenters. The molecule has 1 saturated carbocycles. The van der Waals surface area contributed by atoms with Gasteiger partial charge in [0.05, 0.1) is 12.7 Å². The third-order valence-electron chi connectivity index (χ3n) is 6.41. The fourth-order valence-electron chi connectivity index (χ4n) is 4.93. The van der Waals surface area contributed by atoms with Crippen LogP contribution in [0.3, 0.4) is 0 Å². The maximum Gasteiger partial charge on any atom is 0.0815 e. The number of aliphatic hydroxyl groups is 2. The highest BCUT2D eigenvalue weighted by Gasteiger charge is 2.44. The third kappa shape index (κ3) is 2.51. The van der Waals surface area contributed by atoms with Gasteiger partial charge in [0.15, 0.2) is 0 Å². The summed E-state index contributed by atoms with van der Waals surface area (Å²) in [7, 11) is 0. The highest BCUT2D eigenvalue weighted by Crippen LogP contribution is 2.54. The molecule has 0 amide bonds. The van der Waals surface area contributed by atoms with Gasteiger partial charge in [-0.25, -0.2) is 0 Å². The van der Waals surface area contributed by atoms with E-state index in [0.29, 0.717) is 11.3 Å². The number of nitrogens with zero attached hydrogens (tertiary/aromatic N) is 1. The minimum atomic E-state index is -0.416. The predicted octanol–water partition coefficient (Wildman–Crippen LogP) is 2.93. The fraction of sp³-hybridized carbons (Fsp3) is 0.737. The molecular weight excluding hydrogens is 290 g/mol. The second-order valence-corrected chi connectivity index (χ2v) is 7.76. The molecule has 2 fully saturated rings. The Hall–Kier alpha value is -0.970. The molecule has 23 heavy (non-hydrogen) atoms. The first kappa shape index (κ1) is 15.6. The SMILES string of the molecule is Cc1c(CO)c(C2CCOCC2)nc2c1C(O)CC1(CCC1)C2. The maximum atomic E-state index is 10.7. The minimum Gasteiger partial charge on any atom is -0.392 e. The fourth-order valence-corrected chi connectivity index (χ4v) is 4.93. The van der Waals surface area contributed by atoms with E-state index < -0.39 is 6.10 Å². The number of fused-ring (bicyclic) bond motifs is 1. The number of hydrogen-bond donors (Lipinski definition) is 2. The number of ether oxygens (including phenoxy) is 1. The van der Waals surface area contributed by atoms with E-state index in [1.54, 1.807) is 0 Å². The predicted molar refractivity (Wildman–Crippen MR) is 87.3 cm³/mol. The van der Waals surface area contributed by atoms with Gasteiger partial charge in [-0.05, 0) is 56.4 Å². The minimum absolute atomic E-state index is 0.0106. The van der Waals surface area contributed by atoms with Crippen molar-refractivity contribution in [2.24, 2.45) is 5.41 Å². The van der Waals surface area contributed by atoms with Crippen LogP contribution in [-0.4, -0.2) is 28.4 Å². The first-order valence-corrected chi connectivity index (χ1v) is 9.02. The van der Waals surface area contributed by atoms with Gasteiger partial charge in [0.2, 0.25) is 0 Å². The van der Waals surface area contributed by atoms with E-state index in [-0.39, 0.29) is 6.61 Å². The van der Waals surface area contributed by atoms with Crippen LogP contribution in [0, 0.1) is 12.3 Å². The Morgan fingerprint density at radius 2 is 2.00 bits per heavy atom. The van der Waals surface area contributed by atoms with Crippen LogP contribution >= 0.6 is 0 Å². The van der Waals surface area contributed by atoms with Crippen LogP contribution in [-0.2, 0) is 17.8 Å². The average molecular weight is 317 g/mol. The summed E-state index contributed by atoms with van der Waals surface area (Å²) < 4.78 is 5.48. The van der Waals surface area contributed by atoms with Gasteiger partial charge in [0, 0.05) is 41.6 Å². The van der Waals surface area contributed by atoms with Crippen molar-refractivity contribution < 1.29 is 14.9 Å². The molecule has 0 aromatic carbocycles. The van der Waals surface area contributed by atoms with E-state index in [9.17, 15) is 10.2 Å². The van der Waals surface area contributed by atoms with E-state index in [4.69, 9.17) is 9.72 Å². The van der Waals surface area contributed by atoms with Crippen LogP contribution < -0.4 is 0 Å². The summed E-state index contributed by atoms with van der Waals surface area (Å²) in [4.78, 5) is 5.02. The first-order valence-electron chi connectivity index (χ1n) is 9.02. The van der Waals surface area contributed by atoms with Crippen molar-refractivity contribution in [3.8, 4) is 0 Å². The van der Waals surface area contributed by atoms with Gasteiger partial charge in [0.25, 0.3) is 0 Å². The smallest absolute Gasteiger partial charge is 0.0815 e. The van der Waals surface area contributed by atoms with Gasteiger partial charge in [-0.15, -0.1) is 0 Å².